The van der Waals surface area contributed by atoms with Gasteiger partial charge in [0.2, 0.25) is 0 Å². The summed E-state index contributed by atoms with van der Waals surface area (Å²) in [6.07, 6.45) is 13.8. The van der Waals surface area contributed by atoms with Gasteiger partial charge in [-0.1, -0.05) is 161 Å². The van der Waals surface area contributed by atoms with E-state index < -0.39 is 13.0 Å². The van der Waals surface area contributed by atoms with Crippen LogP contribution in [-0.2, 0) is 17.6 Å². The summed E-state index contributed by atoms with van der Waals surface area (Å²) in [6.45, 7) is 4.46. The van der Waals surface area contributed by atoms with Crippen molar-refractivity contribution >= 4 is 35.0 Å². The summed E-state index contributed by atoms with van der Waals surface area (Å²) in [4.78, 5) is 12.7. The van der Waals surface area contributed by atoms with Crippen LogP contribution in [0.4, 0.5) is 0 Å². The van der Waals surface area contributed by atoms with Gasteiger partial charge in [0.1, 0.15) is 5.70 Å². The Morgan fingerprint density at radius 1 is 0.690 bits per heavy atom. The van der Waals surface area contributed by atoms with Crippen molar-refractivity contribution in [1.82, 2.24) is 0 Å². The molecule has 4 heteroatoms. The highest BCUT2D eigenvalue weighted by Crippen LogP contribution is 2.47. The number of carboxylic acids is 1. The van der Waals surface area contributed by atoms with E-state index in [9.17, 15) is 9.90 Å². The SMILES string of the molecule is CCCCCCc1ccc(/C=C/C=C(\N=P(c2ccccc2)(c2ccccc2)c2ccccc2)C(=O)O)cc1CCC. The molecule has 3 nitrogen and oxygen atoms in total. The van der Waals surface area contributed by atoms with E-state index in [1.54, 1.807) is 6.08 Å². The lowest BCUT2D eigenvalue weighted by atomic mass is 9.96. The smallest absolute Gasteiger partial charge is 0.354 e. The van der Waals surface area contributed by atoms with E-state index in [1.165, 1.54) is 36.8 Å². The van der Waals surface area contributed by atoms with Crippen molar-refractivity contribution in [3.63, 3.8) is 0 Å². The number of carboxylic acid groups (broad SMARTS) is 1. The lowest BCUT2D eigenvalue weighted by Gasteiger charge is -2.27. The summed E-state index contributed by atoms with van der Waals surface area (Å²) in [5, 5.41) is 13.4. The van der Waals surface area contributed by atoms with Crippen molar-refractivity contribution in [1.29, 1.82) is 0 Å². The fourth-order valence-corrected chi connectivity index (χ4v) is 8.88. The standard InChI is InChI=1S/C38H42NO2P/c1-3-5-6-10-20-32-29-28-31(30-33(32)18-4-2)19-17-27-37(38(40)41)39-42(34-21-11-7-12-22-34,35-23-13-8-14-24-35)36-25-15-9-16-26-36/h7-9,11-17,19,21-30H,3-6,10,18,20H2,1-2H3,(H,40,41)/b19-17+,37-27-. The molecule has 0 bridgehead atoms. The summed E-state index contributed by atoms with van der Waals surface area (Å²) >= 11 is 0. The van der Waals surface area contributed by atoms with Gasteiger partial charge in [0, 0.05) is 15.9 Å². The molecule has 0 atom stereocenters. The third-order valence-corrected chi connectivity index (χ3v) is 11.1. The van der Waals surface area contributed by atoms with Crippen molar-refractivity contribution in [2.45, 2.75) is 58.8 Å². The van der Waals surface area contributed by atoms with Crippen LogP contribution in [0.3, 0.4) is 0 Å². The summed E-state index contributed by atoms with van der Waals surface area (Å²) in [5.74, 6) is -1.04. The Morgan fingerprint density at radius 3 is 1.76 bits per heavy atom. The molecule has 4 aromatic rings. The number of nitrogens with zero attached hydrogens (tertiary/aromatic N) is 1. The Morgan fingerprint density at radius 2 is 1.26 bits per heavy atom. The van der Waals surface area contributed by atoms with Crippen LogP contribution in [0.15, 0.2) is 132 Å². The predicted molar refractivity (Wildman–Crippen MR) is 181 cm³/mol. The second-order valence-corrected chi connectivity index (χ2v) is 13.6. The molecule has 0 aliphatic rings. The number of aryl methyl sites for hydroxylation is 2. The van der Waals surface area contributed by atoms with Crippen LogP contribution in [-0.4, -0.2) is 11.1 Å². The second kappa shape index (κ2) is 15.9. The topological polar surface area (TPSA) is 49.7 Å². The third kappa shape index (κ3) is 7.87. The molecule has 0 saturated carbocycles. The molecule has 0 radical (unpaired) electrons. The molecule has 0 heterocycles. The fraction of sp³-hybridized carbons (Fsp3) is 0.237. The van der Waals surface area contributed by atoms with Gasteiger partial charge >= 0.3 is 5.97 Å². The molecule has 0 spiro atoms. The van der Waals surface area contributed by atoms with E-state index in [0.717, 1.165) is 40.7 Å². The highest BCUT2D eigenvalue weighted by Gasteiger charge is 2.28. The van der Waals surface area contributed by atoms with Crippen LogP contribution in [0, 0.1) is 0 Å². The number of rotatable bonds is 14. The molecular formula is C38H42NO2P. The molecule has 0 aliphatic carbocycles. The Hall–Kier alpha value is -3.94. The maximum atomic E-state index is 12.7. The van der Waals surface area contributed by atoms with E-state index in [1.807, 2.05) is 66.7 Å². The number of allylic oxidation sites excluding steroid dienone is 2. The first-order chi connectivity index (χ1) is 20.6. The van der Waals surface area contributed by atoms with E-state index >= 15 is 0 Å². The van der Waals surface area contributed by atoms with Crippen LogP contribution in [0.1, 0.15) is 62.6 Å². The first kappa shape index (κ1) is 31.0. The minimum atomic E-state index is -2.67. The number of hydrogen-bond acceptors (Lipinski definition) is 2. The number of benzene rings is 4. The number of aliphatic carboxylic acids is 1. The predicted octanol–water partition coefficient (Wildman–Crippen LogP) is 8.92. The van der Waals surface area contributed by atoms with Gasteiger partial charge in [0.05, 0.1) is 7.05 Å². The lowest BCUT2D eigenvalue weighted by molar-refractivity contribution is -0.132. The maximum absolute atomic E-state index is 12.7. The lowest BCUT2D eigenvalue weighted by Crippen LogP contribution is -2.25. The minimum Gasteiger partial charge on any atom is -0.477 e. The number of carbonyl (C=O) groups is 1. The van der Waals surface area contributed by atoms with Gasteiger partial charge in [-0.15, -0.1) is 0 Å². The quantitative estimate of drug-likeness (QED) is 0.0706. The van der Waals surface area contributed by atoms with E-state index in [-0.39, 0.29) is 5.70 Å². The molecule has 0 saturated heterocycles. The van der Waals surface area contributed by atoms with Crippen molar-refractivity contribution in [2.75, 3.05) is 0 Å². The van der Waals surface area contributed by atoms with E-state index in [0.29, 0.717) is 0 Å². The van der Waals surface area contributed by atoms with Crippen LogP contribution < -0.4 is 15.9 Å². The summed E-state index contributed by atoms with van der Waals surface area (Å²) in [5.41, 5.74) is 3.94. The largest absolute Gasteiger partial charge is 0.477 e. The van der Waals surface area contributed by atoms with Gasteiger partial charge in [0.25, 0.3) is 0 Å². The van der Waals surface area contributed by atoms with Crippen LogP contribution >= 0.6 is 7.05 Å². The average Bonchev–Trinajstić information content (AvgIpc) is 3.03. The van der Waals surface area contributed by atoms with Gasteiger partial charge in [0.15, 0.2) is 0 Å². The first-order valence-electron chi connectivity index (χ1n) is 15.1. The molecule has 216 valence electrons. The minimum absolute atomic E-state index is 0.0393. The second-order valence-electron chi connectivity index (χ2n) is 10.5. The molecule has 4 rings (SSSR count). The molecular weight excluding hydrogens is 533 g/mol. The van der Waals surface area contributed by atoms with Gasteiger partial charge in [-0.2, -0.15) is 0 Å². The van der Waals surface area contributed by atoms with Gasteiger partial charge < -0.3 is 5.11 Å². The fourth-order valence-electron chi connectivity index (χ4n) is 5.35. The highest BCUT2D eigenvalue weighted by molar-refractivity contribution is 7.87. The van der Waals surface area contributed by atoms with Crippen molar-refractivity contribution in [3.05, 3.63) is 144 Å². The first-order valence-corrected chi connectivity index (χ1v) is 16.8. The average molecular weight is 576 g/mol. The van der Waals surface area contributed by atoms with Crippen molar-refractivity contribution < 1.29 is 9.90 Å². The molecule has 0 amide bonds. The molecule has 0 aromatic heterocycles. The zero-order chi connectivity index (χ0) is 29.6. The van der Waals surface area contributed by atoms with Gasteiger partial charge in [-0.25, -0.2) is 9.54 Å². The Bertz CT molecular complexity index is 1440. The van der Waals surface area contributed by atoms with Crippen molar-refractivity contribution in [3.8, 4) is 0 Å². The molecule has 4 aromatic carbocycles. The van der Waals surface area contributed by atoms with Crippen molar-refractivity contribution in [2.24, 2.45) is 4.74 Å². The van der Waals surface area contributed by atoms with Crippen LogP contribution in [0.25, 0.3) is 6.08 Å². The Balaban J connectivity index is 1.79. The molecule has 1 N–H and O–H groups in total. The molecule has 0 aliphatic heterocycles. The number of unbranched alkanes of at least 4 members (excludes halogenated alkanes) is 3. The summed E-state index contributed by atoms with van der Waals surface area (Å²) < 4.78 is 5.18. The van der Waals surface area contributed by atoms with Gasteiger partial charge in [-0.05, 0) is 42.0 Å². The highest BCUT2D eigenvalue weighted by atomic mass is 31.2. The molecule has 42 heavy (non-hydrogen) atoms. The third-order valence-electron chi connectivity index (χ3n) is 7.46. The zero-order valence-electron chi connectivity index (χ0n) is 24.8. The number of hydrogen-bond donors (Lipinski definition) is 1. The Labute approximate surface area is 251 Å². The normalized spacial score (nSPS) is 12.0. The summed E-state index contributed by atoms with van der Waals surface area (Å²) in [7, 11) is -2.67. The molecule has 0 unspecified atom stereocenters. The van der Waals surface area contributed by atoms with Crippen LogP contribution in [0.5, 0.6) is 0 Å². The monoisotopic (exact) mass is 575 g/mol. The summed E-state index contributed by atoms with van der Waals surface area (Å²) in [6, 6.07) is 36.9. The van der Waals surface area contributed by atoms with E-state index in [2.05, 4.69) is 68.4 Å². The van der Waals surface area contributed by atoms with Gasteiger partial charge in [-0.3, -0.25) is 0 Å². The molecule has 0 fully saturated rings. The van der Waals surface area contributed by atoms with E-state index in [4.69, 9.17) is 4.74 Å². The zero-order valence-corrected chi connectivity index (χ0v) is 25.7. The Kier molecular flexibility index (Phi) is 11.7. The van der Waals surface area contributed by atoms with Crippen LogP contribution in [0.2, 0.25) is 0 Å². The maximum Gasteiger partial charge on any atom is 0.354 e.